The molecule has 0 unspecified atom stereocenters. The third-order valence-electron chi connectivity index (χ3n) is 3.85. The highest BCUT2D eigenvalue weighted by Gasteiger charge is 2.12. The van der Waals surface area contributed by atoms with E-state index in [1.807, 2.05) is 31.2 Å². The largest absolute Gasteiger partial charge is 0.340 e. The molecule has 0 aliphatic carbocycles. The molecule has 0 atom stereocenters. The Morgan fingerprint density at radius 2 is 1.88 bits per heavy atom. The molecular weight excluding hydrogens is 368 g/mol. The van der Waals surface area contributed by atoms with Crippen LogP contribution in [-0.2, 0) is 13.1 Å². The molecule has 2 aromatic carbocycles. The summed E-state index contributed by atoms with van der Waals surface area (Å²) in [5.74, 6) is 0. The third-order valence-corrected chi connectivity index (χ3v) is 5.48. The maximum Gasteiger partial charge on any atom is 0.174 e. The van der Waals surface area contributed by atoms with Gasteiger partial charge in [0.25, 0.3) is 0 Å². The zero-order valence-corrected chi connectivity index (χ0v) is 16.3. The van der Waals surface area contributed by atoms with Gasteiger partial charge in [-0.2, -0.15) is 0 Å². The molecule has 0 saturated carbocycles. The van der Waals surface area contributed by atoms with Crippen molar-refractivity contribution in [2.24, 2.45) is 0 Å². The van der Waals surface area contributed by atoms with Gasteiger partial charge in [-0.1, -0.05) is 54.1 Å². The number of thiocarbonyl (C=S) groups is 1. The predicted octanol–water partition coefficient (Wildman–Crippen LogP) is 6.11. The minimum atomic E-state index is 0.692. The van der Waals surface area contributed by atoms with Crippen molar-refractivity contribution >= 4 is 46.0 Å². The maximum absolute atomic E-state index is 6.23. The first kappa shape index (κ1) is 17.9. The number of nitrogens with one attached hydrogen (secondary N) is 1. The summed E-state index contributed by atoms with van der Waals surface area (Å²) in [6, 6.07) is 20.5. The SMILES string of the molecule is Cc1ccc(NC(=S)N(Cc2ccccc2)Cc2cccs2)cc1Cl. The van der Waals surface area contributed by atoms with Gasteiger partial charge >= 0.3 is 0 Å². The van der Waals surface area contributed by atoms with Crippen LogP contribution < -0.4 is 5.32 Å². The highest BCUT2D eigenvalue weighted by atomic mass is 35.5. The van der Waals surface area contributed by atoms with E-state index in [9.17, 15) is 0 Å². The fraction of sp³-hybridized carbons (Fsp3) is 0.150. The molecule has 2 nitrogen and oxygen atoms in total. The molecule has 0 fully saturated rings. The Labute approximate surface area is 163 Å². The van der Waals surface area contributed by atoms with Crippen molar-refractivity contribution in [1.82, 2.24) is 4.90 Å². The Morgan fingerprint density at radius 1 is 1.08 bits per heavy atom. The van der Waals surface area contributed by atoms with Crippen LogP contribution in [0, 0.1) is 6.92 Å². The van der Waals surface area contributed by atoms with E-state index in [0.717, 1.165) is 29.4 Å². The molecule has 1 heterocycles. The number of thiophene rings is 1. The lowest BCUT2D eigenvalue weighted by Gasteiger charge is -2.26. The molecule has 128 valence electrons. The number of hydrogen-bond donors (Lipinski definition) is 1. The Bertz CT molecular complexity index is 832. The third kappa shape index (κ3) is 5.05. The van der Waals surface area contributed by atoms with Crippen LogP contribution >= 0.6 is 35.2 Å². The molecular formula is C20H19ClN2S2. The summed E-state index contributed by atoms with van der Waals surface area (Å²) in [6.45, 7) is 3.52. The van der Waals surface area contributed by atoms with Crippen LogP contribution in [-0.4, -0.2) is 10.0 Å². The average Bonchev–Trinajstić information content (AvgIpc) is 3.12. The van der Waals surface area contributed by atoms with Gasteiger partial charge in [-0.05, 0) is 53.8 Å². The van der Waals surface area contributed by atoms with Crippen molar-refractivity contribution in [2.45, 2.75) is 20.0 Å². The molecule has 0 amide bonds. The van der Waals surface area contributed by atoms with Gasteiger partial charge in [-0.15, -0.1) is 11.3 Å². The van der Waals surface area contributed by atoms with Crippen LogP contribution in [0.1, 0.15) is 16.0 Å². The first-order valence-electron chi connectivity index (χ1n) is 8.00. The summed E-state index contributed by atoms with van der Waals surface area (Å²) in [5, 5.41) is 6.84. The van der Waals surface area contributed by atoms with Crippen LogP contribution in [0.4, 0.5) is 5.69 Å². The molecule has 0 radical (unpaired) electrons. The Kier molecular flexibility index (Phi) is 6.08. The van der Waals surface area contributed by atoms with Crippen LogP contribution in [0.15, 0.2) is 66.0 Å². The van der Waals surface area contributed by atoms with Crippen molar-refractivity contribution in [3.63, 3.8) is 0 Å². The van der Waals surface area contributed by atoms with Crippen molar-refractivity contribution in [2.75, 3.05) is 5.32 Å². The molecule has 0 aliphatic rings. The molecule has 3 rings (SSSR count). The highest BCUT2D eigenvalue weighted by Crippen LogP contribution is 2.21. The predicted molar refractivity (Wildman–Crippen MR) is 112 cm³/mol. The smallest absolute Gasteiger partial charge is 0.174 e. The van der Waals surface area contributed by atoms with E-state index in [0.29, 0.717) is 5.11 Å². The van der Waals surface area contributed by atoms with Crippen LogP contribution in [0.5, 0.6) is 0 Å². The fourth-order valence-corrected chi connectivity index (χ4v) is 3.61. The Balaban J connectivity index is 1.77. The van der Waals surface area contributed by atoms with E-state index in [2.05, 4.69) is 52.0 Å². The van der Waals surface area contributed by atoms with Crippen molar-refractivity contribution in [1.29, 1.82) is 0 Å². The number of anilines is 1. The second kappa shape index (κ2) is 8.48. The number of aryl methyl sites for hydroxylation is 1. The minimum absolute atomic E-state index is 0.692. The number of hydrogen-bond acceptors (Lipinski definition) is 2. The molecule has 0 spiro atoms. The summed E-state index contributed by atoms with van der Waals surface area (Å²) in [5.41, 5.74) is 3.19. The molecule has 0 aliphatic heterocycles. The monoisotopic (exact) mass is 386 g/mol. The van der Waals surface area contributed by atoms with Gasteiger partial charge in [0.1, 0.15) is 0 Å². The second-order valence-electron chi connectivity index (χ2n) is 5.82. The summed E-state index contributed by atoms with van der Waals surface area (Å²) >= 11 is 13.6. The number of benzene rings is 2. The van der Waals surface area contributed by atoms with Crippen molar-refractivity contribution in [3.05, 3.63) is 87.1 Å². The number of nitrogens with zero attached hydrogens (tertiary/aromatic N) is 1. The van der Waals surface area contributed by atoms with Gasteiger partial charge in [0, 0.05) is 22.1 Å². The molecule has 1 N–H and O–H groups in total. The van der Waals surface area contributed by atoms with Gasteiger partial charge in [0.05, 0.1) is 6.54 Å². The van der Waals surface area contributed by atoms with Gasteiger partial charge in [-0.25, -0.2) is 0 Å². The zero-order valence-electron chi connectivity index (χ0n) is 13.9. The minimum Gasteiger partial charge on any atom is -0.340 e. The van der Waals surface area contributed by atoms with Gasteiger partial charge in [0.15, 0.2) is 5.11 Å². The first-order valence-corrected chi connectivity index (χ1v) is 9.67. The zero-order chi connectivity index (χ0) is 17.6. The van der Waals surface area contributed by atoms with Crippen LogP contribution in [0.2, 0.25) is 5.02 Å². The van der Waals surface area contributed by atoms with Gasteiger partial charge in [-0.3, -0.25) is 0 Å². The molecule has 3 aromatic rings. The molecule has 5 heteroatoms. The summed E-state index contributed by atoms with van der Waals surface area (Å²) in [4.78, 5) is 3.45. The molecule has 25 heavy (non-hydrogen) atoms. The lowest BCUT2D eigenvalue weighted by molar-refractivity contribution is 0.416. The van der Waals surface area contributed by atoms with Crippen LogP contribution in [0.25, 0.3) is 0 Å². The maximum atomic E-state index is 6.23. The Hall–Kier alpha value is -1.88. The first-order chi connectivity index (χ1) is 12.1. The van der Waals surface area contributed by atoms with Gasteiger partial charge in [0.2, 0.25) is 0 Å². The lowest BCUT2D eigenvalue weighted by atomic mass is 10.2. The normalized spacial score (nSPS) is 10.5. The number of halogens is 1. The van der Waals surface area contributed by atoms with Crippen molar-refractivity contribution < 1.29 is 0 Å². The van der Waals surface area contributed by atoms with E-state index in [1.54, 1.807) is 11.3 Å². The Morgan fingerprint density at radius 3 is 2.56 bits per heavy atom. The fourth-order valence-electron chi connectivity index (χ4n) is 2.47. The summed E-state index contributed by atoms with van der Waals surface area (Å²) in [7, 11) is 0. The molecule has 0 saturated heterocycles. The average molecular weight is 387 g/mol. The van der Waals surface area contributed by atoms with E-state index < -0.39 is 0 Å². The highest BCUT2D eigenvalue weighted by molar-refractivity contribution is 7.80. The van der Waals surface area contributed by atoms with E-state index in [-0.39, 0.29) is 0 Å². The summed E-state index contributed by atoms with van der Waals surface area (Å²) < 4.78 is 0. The van der Waals surface area contributed by atoms with E-state index >= 15 is 0 Å². The van der Waals surface area contributed by atoms with E-state index in [4.69, 9.17) is 23.8 Å². The topological polar surface area (TPSA) is 15.3 Å². The van der Waals surface area contributed by atoms with Gasteiger partial charge < -0.3 is 10.2 Å². The summed E-state index contributed by atoms with van der Waals surface area (Å²) in [6.07, 6.45) is 0. The number of rotatable bonds is 5. The lowest BCUT2D eigenvalue weighted by Crippen LogP contribution is -2.33. The molecule has 1 aromatic heterocycles. The van der Waals surface area contributed by atoms with Crippen molar-refractivity contribution in [3.8, 4) is 0 Å². The van der Waals surface area contributed by atoms with Crippen LogP contribution in [0.3, 0.4) is 0 Å². The van der Waals surface area contributed by atoms with E-state index in [1.165, 1.54) is 10.4 Å². The molecule has 0 bridgehead atoms. The quantitative estimate of drug-likeness (QED) is 0.532. The second-order valence-corrected chi connectivity index (χ2v) is 7.64. The standard InChI is InChI=1S/C20H19ClN2S2/c1-15-9-10-17(12-19(15)21)22-20(24)23(14-18-8-5-11-25-18)13-16-6-3-2-4-7-16/h2-12H,13-14H2,1H3,(H,22,24).